The number of carbonyl (C=O) groups excluding carboxylic acids is 1. The second-order valence-corrected chi connectivity index (χ2v) is 3.26. The Balaban J connectivity index is 4.93. The number of carbonyl (C=O) groups is 1. The van der Waals surface area contributed by atoms with Crippen molar-refractivity contribution in [3.63, 3.8) is 0 Å². The molecule has 0 aliphatic heterocycles. The second-order valence-electron chi connectivity index (χ2n) is 3.26. The quantitative estimate of drug-likeness (QED) is 0.311. The molecule has 0 saturated heterocycles. The zero-order valence-corrected chi connectivity index (χ0v) is 10.1. The normalized spacial score (nSPS) is 14.1. The smallest absolute Gasteiger partial charge is 0.217 e. The minimum absolute atomic E-state index is 0.320. The Morgan fingerprint density at radius 1 is 1.50 bits per heavy atom. The van der Waals surface area contributed by atoms with Crippen LogP contribution in [-0.2, 0) is 14.3 Å². The molecule has 0 rings (SSSR count). The van der Waals surface area contributed by atoms with Gasteiger partial charge >= 0.3 is 0 Å². The summed E-state index contributed by atoms with van der Waals surface area (Å²) in [5, 5.41) is 6.05. The predicted molar refractivity (Wildman–Crippen MR) is 58.4 cm³/mol. The number of hydrogen-bond acceptors (Lipinski definition) is 4. The van der Waals surface area contributed by atoms with Crippen molar-refractivity contribution in [3.8, 4) is 0 Å². The molecule has 1 unspecified atom stereocenters. The zero-order valence-electron chi connectivity index (χ0n) is 10.1. The van der Waals surface area contributed by atoms with Crippen LogP contribution in [0.3, 0.4) is 0 Å². The first-order chi connectivity index (χ1) is 7.50. The molecular weight excluding hydrogens is 212 g/mol. The van der Waals surface area contributed by atoms with Gasteiger partial charge in [-0.25, -0.2) is 0 Å². The third kappa shape index (κ3) is 4.48. The van der Waals surface area contributed by atoms with Crippen LogP contribution in [-0.4, -0.2) is 31.1 Å². The van der Waals surface area contributed by atoms with Gasteiger partial charge < -0.3 is 14.8 Å². The van der Waals surface area contributed by atoms with Gasteiger partial charge in [-0.3, -0.25) is 4.79 Å². The highest BCUT2D eigenvalue weighted by Gasteiger charge is 2.35. The van der Waals surface area contributed by atoms with E-state index in [0.29, 0.717) is 13.2 Å². The maximum atomic E-state index is 11.0. The summed E-state index contributed by atoms with van der Waals surface area (Å²) >= 11 is 0. The minimum atomic E-state index is -1.24. The Morgan fingerprint density at radius 3 is 2.31 bits per heavy atom. The average molecular weight is 230 g/mol. The summed E-state index contributed by atoms with van der Waals surface area (Å²) in [6.07, 6.45) is -0.803. The molecule has 0 saturated carbocycles. The molecule has 0 aliphatic rings. The lowest BCUT2D eigenvalue weighted by molar-refractivity contribution is -0.180. The highest BCUT2D eigenvalue weighted by Crippen LogP contribution is 2.17. The highest BCUT2D eigenvalue weighted by atomic mass is 16.7. The Morgan fingerprint density at radius 2 is 2.00 bits per heavy atom. The van der Waals surface area contributed by atoms with Crippen LogP contribution >= 0.6 is 0 Å². The Hall–Kier alpha value is -1.30. The van der Waals surface area contributed by atoms with Gasteiger partial charge in [0.25, 0.3) is 0 Å². The summed E-state index contributed by atoms with van der Waals surface area (Å²) in [6, 6.07) is 0. The Bertz CT molecular complexity index is 272. The fraction of sp³-hybridized carbons (Fsp3) is 0.889. The molecule has 1 atom stereocenters. The molecule has 0 spiro atoms. The van der Waals surface area contributed by atoms with Gasteiger partial charge in [-0.2, -0.15) is 0 Å². The summed E-state index contributed by atoms with van der Waals surface area (Å²) in [5.74, 6) is -0.320. The van der Waals surface area contributed by atoms with E-state index in [1.54, 1.807) is 20.8 Å². The van der Waals surface area contributed by atoms with Crippen LogP contribution in [0.4, 0.5) is 0 Å². The van der Waals surface area contributed by atoms with E-state index in [2.05, 4.69) is 15.3 Å². The molecule has 0 radical (unpaired) electrons. The fourth-order valence-electron chi connectivity index (χ4n) is 1.26. The average Bonchev–Trinajstić information content (AvgIpc) is 2.16. The molecule has 92 valence electrons. The van der Waals surface area contributed by atoms with Crippen molar-refractivity contribution in [1.82, 2.24) is 5.32 Å². The van der Waals surface area contributed by atoms with Crippen LogP contribution in [0.1, 0.15) is 27.7 Å². The summed E-state index contributed by atoms with van der Waals surface area (Å²) in [4.78, 5) is 13.7. The van der Waals surface area contributed by atoms with E-state index in [0.717, 1.165) is 0 Å². The summed E-state index contributed by atoms with van der Waals surface area (Å²) in [5.41, 5.74) is 7.25. The summed E-state index contributed by atoms with van der Waals surface area (Å²) in [7, 11) is 0. The van der Waals surface area contributed by atoms with Crippen molar-refractivity contribution in [2.45, 2.75) is 39.6 Å². The number of hydrogen-bond donors (Lipinski definition) is 1. The lowest BCUT2D eigenvalue weighted by Gasteiger charge is -2.33. The van der Waals surface area contributed by atoms with Crippen molar-refractivity contribution in [3.05, 3.63) is 10.4 Å². The van der Waals surface area contributed by atoms with E-state index >= 15 is 0 Å². The number of ether oxygens (including phenoxy) is 2. The van der Waals surface area contributed by atoms with Gasteiger partial charge in [-0.1, -0.05) is 5.11 Å². The molecule has 0 aliphatic carbocycles. The van der Waals surface area contributed by atoms with Gasteiger partial charge in [0.1, 0.15) is 0 Å². The fourth-order valence-corrected chi connectivity index (χ4v) is 1.26. The SMILES string of the molecule is CCOC(OCC)C(C)(N=[N+]=[N-])NC(C)=O. The van der Waals surface area contributed by atoms with Crippen LogP contribution in [0, 0.1) is 0 Å². The lowest BCUT2D eigenvalue weighted by Crippen LogP contribution is -2.54. The van der Waals surface area contributed by atoms with Crippen molar-refractivity contribution in [2.24, 2.45) is 5.11 Å². The van der Waals surface area contributed by atoms with E-state index in [4.69, 9.17) is 15.0 Å². The van der Waals surface area contributed by atoms with Gasteiger partial charge in [0.05, 0.1) is 0 Å². The van der Waals surface area contributed by atoms with E-state index in [-0.39, 0.29) is 5.91 Å². The third-order valence-corrected chi connectivity index (χ3v) is 1.78. The molecule has 7 nitrogen and oxygen atoms in total. The van der Waals surface area contributed by atoms with E-state index in [1.807, 2.05) is 0 Å². The van der Waals surface area contributed by atoms with Gasteiger partial charge in [-0.05, 0) is 26.3 Å². The molecule has 1 amide bonds. The first-order valence-corrected chi connectivity index (χ1v) is 5.08. The van der Waals surface area contributed by atoms with Gasteiger partial charge in [-0.15, -0.1) is 0 Å². The monoisotopic (exact) mass is 230 g/mol. The summed E-state index contributed by atoms with van der Waals surface area (Å²) in [6.45, 7) is 7.23. The lowest BCUT2D eigenvalue weighted by atomic mass is 10.2. The second kappa shape index (κ2) is 7.05. The number of nitrogens with zero attached hydrogens (tertiary/aromatic N) is 3. The topological polar surface area (TPSA) is 96.3 Å². The van der Waals surface area contributed by atoms with Crippen LogP contribution in [0.5, 0.6) is 0 Å². The van der Waals surface area contributed by atoms with Crippen LogP contribution < -0.4 is 5.32 Å². The zero-order chi connectivity index (χ0) is 12.6. The van der Waals surface area contributed by atoms with E-state index in [9.17, 15) is 4.79 Å². The maximum Gasteiger partial charge on any atom is 0.217 e. The van der Waals surface area contributed by atoms with Gasteiger partial charge in [0, 0.05) is 25.0 Å². The van der Waals surface area contributed by atoms with Crippen molar-refractivity contribution in [1.29, 1.82) is 0 Å². The molecule has 0 aromatic rings. The standard InChI is InChI=1S/C9H18N4O3/c1-5-15-8(16-6-2)9(4,12-13-10)11-7(3)14/h8H,5-6H2,1-4H3,(H,11,14). The number of nitrogens with one attached hydrogen (secondary N) is 1. The molecule has 0 fully saturated rings. The first kappa shape index (κ1) is 14.7. The predicted octanol–water partition coefficient (Wildman–Crippen LogP) is 1.55. The molecule has 0 heterocycles. The molecule has 1 N–H and O–H groups in total. The van der Waals surface area contributed by atoms with E-state index in [1.165, 1.54) is 6.92 Å². The Kier molecular flexibility index (Phi) is 6.48. The van der Waals surface area contributed by atoms with Crippen molar-refractivity contribution in [2.75, 3.05) is 13.2 Å². The molecule has 7 heteroatoms. The molecule has 0 aromatic carbocycles. The molecule has 16 heavy (non-hydrogen) atoms. The van der Waals surface area contributed by atoms with Crippen molar-refractivity contribution >= 4 is 5.91 Å². The number of azide groups is 1. The van der Waals surface area contributed by atoms with Crippen molar-refractivity contribution < 1.29 is 14.3 Å². The molecular formula is C9H18N4O3. The van der Waals surface area contributed by atoms with Crippen LogP contribution in [0.25, 0.3) is 10.4 Å². The van der Waals surface area contributed by atoms with Crippen LogP contribution in [0.15, 0.2) is 5.11 Å². The first-order valence-electron chi connectivity index (χ1n) is 5.08. The summed E-state index contributed by atoms with van der Waals surface area (Å²) < 4.78 is 10.6. The highest BCUT2D eigenvalue weighted by molar-refractivity contribution is 5.73. The third-order valence-electron chi connectivity index (χ3n) is 1.78. The van der Waals surface area contributed by atoms with Crippen LogP contribution in [0.2, 0.25) is 0 Å². The number of rotatable bonds is 7. The largest absolute Gasteiger partial charge is 0.350 e. The maximum absolute atomic E-state index is 11.0. The van der Waals surface area contributed by atoms with Gasteiger partial charge in [0.15, 0.2) is 12.0 Å². The Labute approximate surface area is 94.7 Å². The van der Waals surface area contributed by atoms with Gasteiger partial charge in [0.2, 0.25) is 5.91 Å². The number of amides is 1. The molecule has 0 bridgehead atoms. The minimum Gasteiger partial charge on any atom is -0.350 e. The van der Waals surface area contributed by atoms with E-state index < -0.39 is 12.0 Å². The molecule has 0 aromatic heterocycles.